The molecule has 0 atom stereocenters. The molecule has 146 valence electrons. The summed E-state index contributed by atoms with van der Waals surface area (Å²) in [5.74, 6) is 0.837. The van der Waals surface area contributed by atoms with Gasteiger partial charge in [0.1, 0.15) is 11.6 Å². The van der Waals surface area contributed by atoms with Gasteiger partial charge in [-0.25, -0.2) is 9.48 Å². The number of nitrogens with zero attached hydrogens (tertiary/aromatic N) is 5. The largest absolute Gasteiger partial charge is 0.489 e. The van der Waals surface area contributed by atoms with Crippen LogP contribution in [0.15, 0.2) is 29.2 Å². The van der Waals surface area contributed by atoms with Gasteiger partial charge in [0.2, 0.25) is 0 Å². The third-order valence-corrected chi connectivity index (χ3v) is 6.44. The van der Waals surface area contributed by atoms with Crippen molar-refractivity contribution in [2.45, 2.75) is 19.3 Å². The molecular weight excluding hydrogens is 378 g/mol. The van der Waals surface area contributed by atoms with Gasteiger partial charge < -0.3 is 14.5 Å². The molecule has 5 heterocycles. The van der Waals surface area contributed by atoms with Crippen LogP contribution in [-0.4, -0.2) is 51.2 Å². The van der Waals surface area contributed by atoms with E-state index in [0.717, 1.165) is 42.4 Å². The molecule has 3 aromatic heterocycles. The molecule has 0 bridgehead atoms. The standard InChI is InChI=1S/C19H21N5O3S/c1-21-19(26)24-8-5-13(11-16(24)20-21)23-9-10-27-14-12-15(28-18(14)23)17(25)22-6-3-2-4-7-22/h5,8,11-12H,2-4,6-7,9-10H2,1H3. The average Bonchev–Trinajstić information content (AvgIpc) is 3.28. The summed E-state index contributed by atoms with van der Waals surface area (Å²) in [7, 11) is 1.64. The highest BCUT2D eigenvalue weighted by atomic mass is 32.1. The summed E-state index contributed by atoms with van der Waals surface area (Å²) >= 11 is 1.47. The maximum atomic E-state index is 12.9. The third kappa shape index (κ3) is 2.77. The van der Waals surface area contributed by atoms with Crippen LogP contribution in [0.4, 0.5) is 10.7 Å². The van der Waals surface area contributed by atoms with Gasteiger partial charge in [-0.2, -0.15) is 5.10 Å². The van der Waals surface area contributed by atoms with Gasteiger partial charge in [0.15, 0.2) is 11.4 Å². The number of hydrogen-bond donors (Lipinski definition) is 0. The first-order valence-electron chi connectivity index (χ1n) is 9.51. The molecule has 1 fully saturated rings. The van der Waals surface area contributed by atoms with Crippen LogP contribution in [0, 0.1) is 0 Å². The summed E-state index contributed by atoms with van der Waals surface area (Å²) in [5.41, 5.74) is 1.36. The second kappa shape index (κ2) is 6.66. The zero-order chi connectivity index (χ0) is 19.3. The zero-order valence-electron chi connectivity index (χ0n) is 15.6. The minimum absolute atomic E-state index is 0.0920. The van der Waals surface area contributed by atoms with Crippen molar-refractivity contribution in [3.05, 3.63) is 39.8 Å². The van der Waals surface area contributed by atoms with E-state index < -0.39 is 0 Å². The van der Waals surface area contributed by atoms with Crippen molar-refractivity contribution in [1.29, 1.82) is 0 Å². The zero-order valence-corrected chi connectivity index (χ0v) is 16.4. The highest BCUT2D eigenvalue weighted by molar-refractivity contribution is 7.18. The van der Waals surface area contributed by atoms with E-state index in [4.69, 9.17) is 4.74 Å². The average molecular weight is 399 g/mol. The van der Waals surface area contributed by atoms with Crippen molar-refractivity contribution in [2.24, 2.45) is 7.05 Å². The molecule has 0 N–H and O–H groups in total. The molecule has 0 aliphatic carbocycles. The van der Waals surface area contributed by atoms with Crippen LogP contribution < -0.4 is 15.3 Å². The second-order valence-electron chi connectivity index (χ2n) is 7.15. The molecule has 2 aliphatic rings. The number of rotatable bonds is 2. The van der Waals surface area contributed by atoms with Gasteiger partial charge in [-0.1, -0.05) is 0 Å². The van der Waals surface area contributed by atoms with Crippen molar-refractivity contribution in [3.8, 4) is 5.75 Å². The third-order valence-electron chi connectivity index (χ3n) is 5.32. The summed E-state index contributed by atoms with van der Waals surface area (Å²) in [5, 5.41) is 5.20. The number of aromatic nitrogens is 3. The van der Waals surface area contributed by atoms with Crippen LogP contribution >= 0.6 is 11.3 Å². The number of pyridine rings is 1. The van der Waals surface area contributed by atoms with Crippen molar-refractivity contribution >= 4 is 33.6 Å². The predicted octanol–water partition coefficient (Wildman–Crippen LogP) is 2.25. The van der Waals surface area contributed by atoms with Crippen molar-refractivity contribution in [2.75, 3.05) is 31.1 Å². The first-order valence-corrected chi connectivity index (χ1v) is 10.3. The number of ether oxygens (including phenoxy) is 1. The fraction of sp³-hybridized carbons (Fsp3) is 0.421. The Kier molecular flexibility index (Phi) is 4.12. The van der Waals surface area contributed by atoms with Gasteiger partial charge in [0, 0.05) is 44.2 Å². The van der Waals surface area contributed by atoms with Gasteiger partial charge in [-0.15, -0.1) is 11.3 Å². The number of thiophene rings is 1. The predicted molar refractivity (Wildman–Crippen MR) is 107 cm³/mol. The molecule has 1 amide bonds. The van der Waals surface area contributed by atoms with Crippen molar-refractivity contribution in [1.82, 2.24) is 19.1 Å². The molecule has 0 spiro atoms. The number of likely N-dealkylation sites (tertiary alicyclic amines) is 1. The van der Waals surface area contributed by atoms with Gasteiger partial charge in [-0.05, 0) is 25.3 Å². The molecular formula is C19H21N5O3S. The number of aryl methyl sites for hydroxylation is 1. The SMILES string of the molecule is Cn1nc2cc(N3CCOc4cc(C(=O)N5CCCCC5)sc43)ccn2c1=O. The van der Waals surface area contributed by atoms with E-state index in [1.54, 1.807) is 13.2 Å². The highest BCUT2D eigenvalue weighted by Gasteiger charge is 2.28. The van der Waals surface area contributed by atoms with Crippen LogP contribution in [0.2, 0.25) is 0 Å². The monoisotopic (exact) mass is 399 g/mol. The lowest BCUT2D eigenvalue weighted by atomic mass is 10.1. The Bertz CT molecular complexity index is 1110. The molecule has 0 saturated carbocycles. The summed E-state index contributed by atoms with van der Waals surface area (Å²) in [4.78, 5) is 29.7. The number of hydrogen-bond acceptors (Lipinski definition) is 6. The number of piperidine rings is 1. The lowest BCUT2D eigenvalue weighted by molar-refractivity contribution is 0.0729. The molecule has 3 aromatic rings. The fourth-order valence-corrected chi connectivity index (χ4v) is 4.96. The molecule has 1 saturated heterocycles. The number of amides is 1. The van der Waals surface area contributed by atoms with E-state index in [9.17, 15) is 9.59 Å². The number of anilines is 2. The molecule has 28 heavy (non-hydrogen) atoms. The van der Waals surface area contributed by atoms with Crippen LogP contribution in [-0.2, 0) is 7.05 Å². The maximum absolute atomic E-state index is 12.9. The van der Waals surface area contributed by atoms with E-state index in [1.807, 2.05) is 23.1 Å². The molecule has 5 rings (SSSR count). The number of fused-ring (bicyclic) bond motifs is 2. The molecule has 0 radical (unpaired) electrons. The number of carbonyl (C=O) groups is 1. The Morgan fingerprint density at radius 1 is 1.18 bits per heavy atom. The van der Waals surface area contributed by atoms with Crippen molar-refractivity contribution in [3.63, 3.8) is 0 Å². The molecule has 0 aromatic carbocycles. The normalized spacial score (nSPS) is 16.9. The number of carbonyl (C=O) groups excluding carboxylic acids is 1. The van der Waals surface area contributed by atoms with E-state index in [0.29, 0.717) is 23.7 Å². The summed E-state index contributed by atoms with van der Waals surface area (Å²) in [6, 6.07) is 5.66. The van der Waals surface area contributed by atoms with Crippen LogP contribution in [0.25, 0.3) is 5.65 Å². The van der Waals surface area contributed by atoms with Gasteiger partial charge in [-0.3, -0.25) is 9.20 Å². The van der Waals surface area contributed by atoms with Gasteiger partial charge >= 0.3 is 5.69 Å². The van der Waals surface area contributed by atoms with E-state index in [2.05, 4.69) is 10.00 Å². The second-order valence-corrected chi connectivity index (χ2v) is 8.18. The van der Waals surface area contributed by atoms with Crippen LogP contribution in [0.1, 0.15) is 28.9 Å². The quantitative estimate of drug-likeness (QED) is 0.661. The van der Waals surface area contributed by atoms with Gasteiger partial charge in [0.05, 0.1) is 11.4 Å². The Hall–Kier alpha value is -2.81. The lowest BCUT2D eigenvalue weighted by Gasteiger charge is -2.28. The molecule has 9 heteroatoms. The van der Waals surface area contributed by atoms with E-state index in [1.165, 1.54) is 26.8 Å². The summed E-state index contributed by atoms with van der Waals surface area (Å²) in [6.07, 6.45) is 5.08. The smallest absolute Gasteiger partial charge is 0.350 e. The lowest BCUT2D eigenvalue weighted by Crippen LogP contribution is -2.35. The van der Waals surface area contributed by atoms with Crippen molar-refractivity contribution < 1.29 is 9.53 Å². The molecule has 0 unspecified atom stereocenters. The Balaban J connectivity index is 1.49. The van der Waals surface area contributed by atoms with E-state index >= 15 is 0 Å². The van der Waals surface area contributed by atoms with Crippen LogP contribution in [0.5, 0.6) is 5.75 Å². The highest BCUT2D eigenvalue weighted by Crippen LogP contribution is 2.44. The fourth-order valence-electron chi connectivity index (χ4n) is 3.85. The first-order chi connectivity index (χ1) is 13.6. The summed E-state index contributed by atoms with van der Waals surface area (Å²) < 4.78 is 8.67. The minimum Gasteiger partial charge on any atom is -0.489 e. The van der Waals surface area contributed by atoms with Crippen LogP contribution in [0.3, 0.4) is 0 Å². The minimum atomic E-state index is -0.172. The Labute approximate surface area is 165 Å². The Morgan fingerprint density at radius 3 is 2.82 bits per heavy atom. The van der Waals surface area contributed by atoms with Gasteiger partial charge in [0.25, 0.3) is 5.91 Å². The van der Waals surface area contributed by atoms with E-state index in [-0.39, 0.29) is 11.6 Å². The topological polar surface area (TPSA) is 72.1 Å². The molecule has 2 aliphatic heterocycles. The summed E-state index contributed by atoms with van der Waals surface area (Å²) in [6.45, 7) is 2.88. The Morgan fingerprint density at radius 2 is 2.00 bits per heavy atom. The maximum Gasteiger partial charge on any atom is 0.350 e. The molecule has 8 nitrogen and oxygen atoms in total. The first kappa shape index (κ1) is 17.3.